The lowest BCUT2D eigenvalue weighted by Crippen LogP contribution is -2.35. The van der Waals surface area contributed by atoms with Crippen LogP contribution in [0.4, 0.5) is 14.5 Å². The van der Waals surface area contributed by atoms with Crippen molar-refractivity contribution < 1.29 is 13.6 Å². The molecule has 1 aliphatic heterocycles. The van der Waals surface area contributed by atoms with Gasteiger partial charge in [-0.25, -0.2) is 0 Å². The predicted molar refractivity (Wildman–Crippen MR) is 86.5 cm³/mol. The van der Waals surface area contributed by atoms with Crippen LogP contribution < -0.4 is 5.32 Å². The van der Waals surface area contributed by atoms with E-state index in [2.05, 4.69) is 10.2 Å². The molecular formula is C16H22F2N2OS. The molecule has 1 saturated heterocycles. The Hall–Kier alpha value is -1.14. The number of carbonyl (C=O) groups is 1. The standard InChI is InChI=1S/C16H22F2N2OS/c17-16(18)22-14-9-5-4-8-13(14)19-15(21)12-20-10-6-2-1-3-7-11-20/h4-5,8-9,16H,1-3,6-7,10-12H2,(H,19,21). The molecule has 0 unspecified atom stereocenters. The molecule has 122 valence electrons. The number of hydrogen-bond donors (Lipinski definition) is 1. The lowest BCUT2D eigenvalue weighted by Gasteiger charge is -2.24. The van der Waals surface area contributed by atoms with Crippen molar-refractivity contribution in [2.75, 3.05) is 25.0 Å². The highest BCUT2D eigenvalue weighted by Gasteiger charge is 2.15. The number of alkyl halides is 2. The Labute approximate surface area is 134 Å². The third-order valence-corrected chi connectivity index (χ3v) is 4.48. The Balaban J connectivity index is 1.90. The van der Waals surface area contributed by atoms with E-state index in [0.29, 0.717) is 28.9 Å². The van der Waals surface area contributed by atoms with Crippen molar-refractivity contribution in [1.29, 1.82) is 0 Å². The van der Waals surface area contributed by atoms with E-state index in [-0.39, 0.29) is 5.91 Å². The number of thioether (sulfide) groups is 1. The number of para-hydroxylation sites is 1. The number of carbonyl (C=O) groups excluding carboxylic acids is 1. The molecule has 6 heteroatoms. The van der Waals surface area contributed by atoms with Crippen molar-refractivity contribution >= 4 is 23.4 Å². The molecule has 1 aromatic rings. The average molecular weight is 328 g/mol. The summed E-state index contributed by atoms with van der Waals surface area (Å²) in [4.78, 5) is 14.7. The second-order valence-electron chi connectivity index (χ2n) is 5.47. The molecule has 0 aliphatic carbocycles. The first-order chi connectivity index (χ1) is 10.6. The first-order valence-corrected chi connectivity index (χ1v) is 8.59. The second kappa shape index (κ2) is 9.10. The first-order valence-electron chi connectivity index (χ1n) is 7.71. The van der Waals surface area contributed by atoms with Crippen LogP contribution in [0.15, 0.2) is 29.2 Å². The normalized spacial score (nSPS) is 17.0. The monoisotopic (exact) mass is 328 g/mol. The second-order valence-corrected chi connectivity index (χ2v) is 6.50. The van der Waals surface area contributed by atoms with Gasteiger partial charge in [-0.05, 0) is 38.1 Å². The molecule has 2 rings (SSSR count). The Morgan fingerprint density at radius 1 is 1.14 bits per heavy atom. The van der Waals surface area contributed by atoms with Crippen LogP contribution in [-0.2, 0) is 4.79 Å². The summed E-state index contributed by atoms with van der Waals surface area (Å²) < 4.78 is 25.1. The molecule has 0 saturated carbocycles. The fourth-order valence-electron chi connectivity index (χ4n) is 2.63. The molecule has 1 fully saturated rings. The number of hydrogen-bond acceptors (Lipinski definition) is 3. The summed E-state index contributed by atoms with van der Waals surface area (Å²) >= 11 is 0.458. The molecule has 0 radical (unpaired) electrons. The van der Waals surface area contributed by atoms with E-state index < -0.39 is 5.76 Å². The van der Waals surface area contributed by atoms with E-state index in [1.54, 1.807) is 24.3 Å². The fraction of sp³-hybridized carbons (Fsp3) is 0.562. The highest BCUT2D eigenvalue weighted by atomic mass is 32.2. The maximum atomic E-state index is 12.5. The highest BCUT2D eigenvalue weighted by Crippen LogP contribution is 2.31. The van der Waals surface area contributed by atoms with Gasteiger partial charge in [-0.2, -0.15) is 8.78 Å². The van der Waals surface area contributed by atoms with Crippen molar-refractivity contribution in [3.63, 3.8) is 0 Å². The van der Waals surface area contributed by atoms with Gasteiger partial charge in [-0.1, -0.05) is 43.2 Å². The third-order valence-electron chi connectivity index (χ3n) is 3.69. The lowest BCUT2D eigenvalue weighted by molar-refractivity contribution is -0.117. The predicted octanol–water partition coefficient (Wildman–Crippen LogP) is 4.21. The van der Waals surface area contributed by atoms with Crippen molar-refractivity contribution in [2.24, 2.45) is 0 Å². The van der Waals surface area contributed by atoms with Crippen molar-refractivity contribution in [3.05, 3.63) is 24.3 Å². The van der Waals surface area contributed by atoms with Gasteiger partial charge in [0.1, 0.15) is 0 Å². The van der Waals surface area contributed by atoms with Crippen LogP contribution in [0.1, 0.15) is 32.1 Å². The van der Waals surface area contributed by atoms with E-state index >= 15 is 0 Å². The smallest absolute Gasteiger partial charge is 0.288 e. The summed E-state index contributed by atoms with van der Waals surface area (Å²) in [6.45, 7) is 2.19. The molecule has 1 amide bonds. The van der Waals surface area contributed by atoms with Crippen molar-refractivity contribution in [2.45, 2.75) is 42.8 Å². The first kappa shape index (κ1) is 17.2. The molecule has 0 bridgehead atoms. The zero-order valence-electron chi connectivity index (χ0n) is 12.6. The summed E-state index contributed by atoms with van der Waals surface area (Å²) in [6.07, 6.45) is 5.94. The van der Waals surface area contributed by atoms with Crippen LogP contribution in [0.25, 0.3) is 0 Å². The van der Waals surface area contributed by atoms with E-state index in [0.717, 1.165) is 25.9 Å². The van der Waals surface area contributed by atoms with Gasteiger partial charge in [-0.15, -0.1) is 0 Å². The van der Waals surface area contributed by atoms with E-state index in [4.69, 9.17) is 0 Å². The molecule has 0 aromatic heterocycles. The highest BCUT2D eigenvalue weighted by molar-refractivity contribution is 7.99. The summed E-state index contributed by atoms with van der Waals surface area (Å²) in [6, 6.07) is 6.69. The van der Waals surface area contributed by atoms with E-state index in [9.17, 15) is 13.6 Å². The molecule has 1 aliphatic rings. The minimum atomic E-state index is -2.49. The van der Waals surface area contributed by atoms with Gasteiger partial charge in [0, 0.05) is 4.90 Å². The van der Waals surface area contributed by atoms with Crippen LogP contribution in [0.2, 0.25) is 0 Å². The Morgan fingerprint density at radius 2 is 1.77 bits per heavy atom. The zero-order valence-corrected chi connectivity index (χ0v) is 13.4. The summed E-state index contributed by atoms with van der Waals surface area (Å²) in [5.74, 6) is -2.63. The number of nitrogens with one attached hydrogen (secondary N) is 1. The zero-order chi connectivity index (χ0) is 15.8. The number of nitrogens with zero attached hydrogens (tertiary/aromatic N) is 1. The Morgan fingerprint density at radius 3 is 2.45 bits per heavy atom. The number of likely N-dealkylation sites (tertiary alicyclic amines) is 1. The SMILES string of the molecule is O=C(CN1CCCCCCC1)Nc1ccccc1SC(F)F. The van der Waals surface area contributed by atoms with Crippen molar-refractivity contribution in [1.82, 2.24) is 4.90 Å². The molecule has 1 heterocycles. The van der Waals surface area contributed by atoms with Gasteiger partial charge in [0.05, 0.1) is 12.2 Å². The molecule has 0 atom stereocenters. The van der Waals surface area contributed by atoms with Gasteiger partial charge < -0.3 is 5.32 Å². The Bertz CT molecular complexity index is 477. The maximum absolute atomic E-state index is 12.5. The van der Waals surface area contributed by atoms with Gasteiger partial charge in [0.15, 0.2) is 0 Å². The average Bonchev–Trinajstić information content (AvgIpc) is 2.43. The van der Waals surface area contributed by atoms with Gasteiger partial charge in [0.2, 0.25) is 5.91 Å². The number of halogens is 2. The van der Waals surface area contributed by atoms with Crippen LogP contribution in [-0.4, -0.2) is 36.2 Å². The summed E-state index contributed by atoms with van der Waals surface area (Å²) in [5, 5.41) is 2.76. The quantitative estimate of drug-likeness (QED) is 0.822. The molecule has 3 nitrogen and oxygen atoms in total. The number of anilines is 1. The van der Waals surface area contributed by atoms with Crippen LogP contribution in [0, 0.1) is 0 Å². The van der Waals surface area contributed by atoms with Crippen molar-refractivity contribution in [3.8, 4) is 0 Å². The molecular weight excluding hydrogens is 306 g/mol. The Kier molecular flexibility index (Phi) is 7.12. The van der Waals surface area contributed by atoms with E-state index in [1.165, 1.54) is 19.3 Å². The fourth-order valence-corrected chi connectivity index (χ4v) is 3.23. The number of amides is 1. The maximum Gasteiger partial charge on any atom is 0.288 e. The summed E-state index contributed by atoms with van der Waals surface area (Å²) in [7, 11) is 0. The number of benzene rings is 1. The van der Waals surface area contributed by atoms with Gasteiger partial charge >= 0.3 is 0 Å². The van der Waals surface area contributed by atoms with E-state index in [1.807, 2.05) is 0 Å². The minimum Gasteiger partial charge on any atom is -0.324 e. The molecule has 0 spiro atoms. The van der Waals surface area contributed by atoms with Crippen LogP contribution >= 0.6 is 11.8 Å². The third kappa shape index (κ3) is 5.93. The number of rotatable bonds is 5. The topological polar surface area (TPSA) is 32.3 Å². The lowest BCUT2D eigenvalue weighted by atomic mass is 10.1. The molecule has 1 N–H and O–H groups in total. The molecule has 22 heavy (non-hydrogen) atoms. The van der Waals surface area contributed by atoms with Gasteiger partial charge in [0.25, 0.3) is 5.76 Å². The van der Waals surface area contributed by atoms with Crippen LogP contribution in [0.3, 0.4) is 0 Å². The molecule has 1 aromatic carbocycles. The van der Waals surface area contributed by atoms with Crippen LogP contribution in [0.5, 0.6) is 0 Å². The largest absolute Gasteiger partial charge is 0.324 e. The minimum absolute atomic E-state index is 0.136. The van der Waals surface area contributed by atoms with Gasteiger partial charge in [-0.3, -0.25) is 9.69 Å². The summed E-state index contributed by atoms with van der Waals surface area (Å²) in [5.41, 5.74) is 0.463.